The first-order valence-corrected chi connectivity index (χ1v) is 8.05. The van der Waals surface area contributed by atoms with Crippen molar-refractivity contribution < 1.29 is 0 Å². The second-order valence-electron chi connectivity index (χ2n) is 6.28. The molecular weight excluding hydrogens is 292 g/mol. The van der Waals surface area contributed by atoms with Gasteiger partial charge < -0.3 is 11.5 Å². The molecule has 0 aromatic heterocycles. The van der Waals surface area contributed by atoms with Crippen LogP contribution in [0, 0.1) is 0 Å². The molecule has 4 N–H and O–H groups in total. The largest absolute Gasteiger partial charge is 0.398 e. The van der Waals surface area contributed by atoms with Gasteiger partial charge >= 0.3 is 0 Å². The molecule has 24 heavy (non-hydrogen) atoms. The van der Waals surface area contributed by atoms with E-state index in [4.69, 9.17) is 11.5 Å². The summed E-state index contributed by atoms with van der Waals surface area (Å²) < 4.78 is 0. The third-order valence-electron chi connectivity index (χ3n) is 4.94. The van der Waals surface area contributed by atoms with Crippen molar-refractivity contribution in [1.82, 2.24) is 0 Å². The van der Waals surface area contributed by atoms with Crippen LogP contribution in [-0.4, -0.2) is 0 Å². The molecule has 0 spiro atoms. The minimum Gasteiger partial charge on any atom is -0.398 e. The highest BCUT2D eigenvalue weighted by molar-refractivity contribution is 6.28. The lowest BCUT2D eigenvalue weighted by Gasteiger charge is -2.16. The van der Waals surface area contributed by atoms with Gasteiger partial charge in [-0.15, -0.1) is 0 Å². The Kier molecular flexibility index (Phi) is 2.54. The highest BCUT2D eigenvalue weighted by atomic mass is 14.6. The van der Waals surface area contributed by atoms with E-state index in [1.54, 1.807) is 0 Å². The quantitative estimate of drug-likeness (QED) is 0.321. The third kappa shape index (κ3) is 1.65. The summed E-state index contributed by atoms with van der Waals surface area (Å²) in [5.41, 5.74) is 16.6. The van der Waals surface area contributed by atoms with Gasteiger partial charge in [-0.2, -0.15) is 0 Å². The summed E-state index contributed by atoms with van der Waals surface area (Å²) in [7, 11) is 0. The molecule has 5 rings (SSSR count). The SMILES string of the molecule is Nc1ccc2ccc3cc(-c4ccccc4)c(N)c4ccc1c2c34. The summed E-state index contributed by atoms with van der Waals surface area (Å²) in [6, 6.07) is 25.1. The van der Waals surface area contributed by atoms with Crippen molar-refractivity contribution in [3.05, 3.63) is 72.8 Å². The van der Waals surface area contributed by atoms with Gasteiger partial charge in [0.05, 0.1) is 0 Å². The molecule has 0 aliphatic heterocycles. The predicted molar refractivity (Wildman–Crippen MR) is 104 cm³/mol. The number of benzene rings is 5. The Balaban J connectivity index is 2.00. The Bertz CT molecular complexity index is 1210. The van der Waals surface area contributed by atoms with Crippen molar-refractivity contribution in [2.75, 3.05) is 11.5 Å². The number of anilines is 2. The van der Waals surface area contributed by atoms with Crippen LogP contribution in [0.15, 0.2) is 72.8 Å². The Morgan fingerprint density at radius 2 is 1.25 bits per heavy atom. The van der Waals surface area contributed by atoms with Gasteiger partial charge in [-0.25, -0.2) is 0 Å². The van der Waals surface area contributed by atoms with Gasteiger partial charge in [0.15, 0.2) is 0 Å². The van der Waals surface area contributed by atoms with E-state index in [1.165, 1.54) is 21.5 Å². The number of nitrogen functional groups attached to an aromatic ring is 2. The van der Waals surface area contributed by atoms with Crippen LogP contribution in [0.5, 0.6) is 0 Å². The van der Waals surface area contributed by atoms with E-state index in [2.05, 4.69) is 48.5 Å². The fraction of sp³-hybridized carbons (Fsp3) is 0. The minimum atomic E-state index is 0.808. The second kappa shape index (κ2) is 4.62. The molecule has 0 heterocycles. The van der Waals surface area contributed by atoms with Crippen molar-refractivity contribution in [3.8, 4) is 11.1 Å². The van der Waals surface area contributed by atoms with Crippen molar-refractivity contribution in [2.24, 2.45) is 0 Å². The molecule has 0 saturated carbocycles. The van der Waals surface area contributed by atoms with Crippen LogP contribution in [-0.2, 0) is 0 Å². The summed E-state index contributed by atoms with van der Waals surface area (Å²) in [6.45, 7) is 0. The maximum atomic E-state index is 6.57. The molecule has 0 atom stereocenters. The molecule has 0 amide bonds. The molecule has 0 aliphatic rings. The zero-order valence-electron chi connectivity index (χ0n) is 13.1. The maximum absolute atomic E-state index is 6.57. The van der Waals surface area contributed by atoms with E-state index in [0.717, 1.165) is 33.3 Å². The van der Waals surface area contributed by atoms with Crippen LogP contribution in [0.25, 0.3) is 43.4 Å². The van der Waals surface area contributed by atoms with Crippen LogP contribution in [0.3, 0.4) is 0 Å². The van der Waals surface area contributed by atoms with Gasteiger partial charge in [0, 0.05) is 27.7 Å². The van der Waals surface area contributed by atoms with E-state index in [9.17, 15) is 0 Å². The van der Waals surface area contributed by atoms with Crippen LogP contribution in [0.1, 0.15) is 0 Å². The van der Waals surface area contributed by atoms with Gasteiger partial charge in [0.2, 0.25) is 0 Å². The lowest BCUT2D eigenvalue weighted by atomic mass is 9.89. The lowest BCUT2D eigenvalue weighted by Crippen LogP contribution is -1.95. The van der Waals surface area contributed by atoms with E-state index in [0.29, 0.717) is 0 Å². The average molecular weight is 308 g/mol. The Labute approximate surface area is 139 Å². The second-order valence-corrected chi connectivity index (χ2v) is 6.28. The molecule has 0 aliphatic carbocycles. The van der Waals surface area contributed by atoms with Crippen LogP contribution in [0.4, 0.5) is 11.4 Å². The Morgan fingerprint density at radius 3 is 2.08 bits per heavy atom. The average Bonchev–Trinajstić information content (AvgIpc) is 2.63. The van der Waals surface area contributed by atoms with Gasteiger partial charge in [-0.05, 0) is 39.2 Å². The fourth-order valence-electron chi connectivity index (χ4n) is 3.78. The van der Waals surface area contributed by atoms with E-state index in [1.807, 2.05) is 24.3 Å². The summed E-state index contributed by atoms with van der Waals surface area (Å²) in [4.78, 5) is 0. The number of nitrogens with two attached hydrogens (primary N) is 2. The Hall–Kier alpha value is -3.26. The summed E-state index contributed by atoms with van der Waals surface area (Å²) in [6.07, 6.45) is 0. The van der Waals surface area contributed by atoms with Crippen molar-refractivity contribution in [1.29, 1.82) is 0 Å². The predicted octanol–water partition coefficient (Wildman–Crippen LogP) is 5.42. The first-order chi connectivity index (χ1) is 11.7. The first kappa shape index (κ1) is 13.2. The standard InChI is InChI=1S/C22H16N2/c23-19-11-8-14-6-7-15-12-18(13-4-2-1-3-5-13)22(24)17-10-9-16(19)20(14)21(15)17/h1-12H,23-24H2. The highest BCUT2D eigenvalue weighted by Crippen LogP contribution is 2.42. The monoisotopic (exact) mass is 308 g/mol. The zero-order valence-corrected chi connectivity index (χ0v) is 13.1. The van der Waals surface area contributed by atoms with Gasteiger partial charge in [0.25, 0.3) is 0 Å². The topological polar surface area (TPSA) is 52.0 Å². The number of rotatable bonds is 1. The molecule has 0 bridgehead atoms. The molecule has 5 aromatic carbocycles. The molecule has 2 heteroatoms. The molecule has 2 nitrogen and oxygen atoms in total. The molecule has 0 saturated heterocycles. The normalized spacial score (nSPS) is 11.7. The first-order valence-electron chi connectivity index (χ1n) is 8.05. The van der Waals surface area contributed by atoms with Crippen molar-refractivity contribution in [2.45, 2.75) is 0 Å². The van der Waals surface area contributed by atoms with Crippen molar-refractivity contribution >= 4 is 43.7 Å². The molecule has 5 aromatic rings. The van der Waals surface area contributed by atoms with Gasteiger partial charge in [-0.1, -0.05) is 60.7 Å². The Morgan fingerprint density at radius 1 is 0.583 bits per heavy atom. The van der Waals surface area contributed by atoms with Crippen molar-refractivity contribution in [3.63, 3.8) is 0 Å². The highest BCUT2D eigenvalue weighted by Gasteiger charge is 2.14. The van der Waals surface area contributed by atoms with Gasteiger partial charge in [0.1, 0.15) is 0 Å². The summed E-state index contributed by atoms with van der Waals surface area (Å²) in [5, 5.41) is 6.99. The van der Waals surface area contributed by atoms with Crippen LogP contribution < -0.4 is 11.5 Å². The summed E-state index contributed by atoms with van der Waals surface area (Å²) in [5.74, 6) is 0. The minimum absolute atomic E-state index is 0.808. The smallest absolute Gasteiger partial charge is 0.0474 e. The van der Waals surface area contributed by atoms with E-state index in [-0.39, 0.29) is 0 Å². The molecule has 0 radical (unpaired) electrons. The fourth-order valence-corrected chi connectivity index (χ4v) is 3.78. The van der Waals surface area contributed by atoms with Crippen LogP contribution in [0.2, 0.25) is 0 Å². The molecule has 114 valence electrons. The van der Waals surface area contributed by atoms with E-state index >= 15 is 0 Å². The molecular formula is C22H16N2. The van der Waals surface area contributed by atoms with Gasteiger partial charge in [-0.3, -0.25) is 0 Å². The molecule has 0 fully saturated rings. The van der Waals surface area contributed by atoms with E-state index < -0.39 is 0 Å². The number of hydrogen-bond donors (Lipinski definition) is 2. The molecule has 0 unspecified atom stereocenters. The lowest BCUT2D eigenvalue weighted by molar-refractivity contribution is 1.65. The van der Waals surface area contributed by atoms with Crippen LogP contribution >= 0.6 is 0 Å². The third-order valence-corrected chi connectivity index (χ3v) is 4.94. The summed E-state index contributed by atoms with van der Waals surface area (Å²) >= 11 is 0. The zero-order chi connectivity index (χ0) is 16.3. The maximum Gasteiger partial charge on any atom is 0.0474 e. The number of hydrogen-bond acceptors (Lipinski definition) is 2.